The van der Waals surface area contributed by atoms with Gasteiger partial charge in [-0.3, -0.25) is 10.1 Å². The Morgan fingerprint density at radius 1 is 0.968 bits per heavy atom. The fourth-order valence-electron chi connectivity index (χ4n) is 3.55. The maximum Gasteiger partial charge on any atom is 0.248 e. The lowest BCUT2D eigenvalue weighted by Crippen LogP contribution is -2.27. The number of hydrogen-bond acceptors (Lipinski definition) is 5. The second-order valence-electron chi connectivity index (χ2n) is 7.55. The molecule has 1 aromatic heterocycles. The van der Waals surface area contributed by atoms with E-state index in [2.05, 4.69) is 15.4 Å². The zero-order valence-electron chi connectivity index (χ0n) is 17.1. The molecule has 2 heterocycles. The summed E-state index contributed by atoms with van der Waals surface area (Å²) in [6, 6.07) is 16.7. The van der Waals surface area contributed by atoms with E-state index < -0.39 is 10.0 Å². The van der Waals surface area contributed by atoms with Crippen molar-refractivity contribution in [1.29, 1.82) is 0 Å². The van der Waals surface area contributed by atoms with Crippen LogP contribution in [0.2, 0.25) is 0 Å². The number of sulfonamides is 1. The van der Waals surface area contributed by atoms with Crippen LogP contribution >= 0.6 is 0 Å². The van der Waals surface area contributed by atoms with Crippen LogP contribution in [0, 0.1) is 0 Å². The number of aryl methyl sites for hydroxylation is 1. The molecule has 8 nitrogen and oxygen atoms in total. The molecule has 2 aromatic carbocycles. The zero-order chi connectivity index (χ0) is 21.7. The summed E-state index contributed by atoms with van der Waals surface area (Å²) < 4.78 is 28.4. The highest BCUT2D eigenvalue weighted by atomic mass is 32.2. The summed E-state index contributed by atoms with van der Waals surface area (Å²) in [5.74, 6) is 0.0826. The fourth-order valence-corrected chi connectivity index (χ4v) is 5.07. The van der Waals surface area contributed by atoms with E-state index in [-0.39, 0.29) is 18.3 Å². The van der Waals surface area contributed by atoms with Gasteiger partial charge in [-0.05, 0) is 42.5 Å². The van der Waals surface area contributed by atoms with Gasteiger partial charge < -0.3 is 0 Å². The molecule has 1 saturated heterocycles. The number of carbonyl (C=O) groups excluding carboxylic acids is 1. The normalized spacial score (nSPS) is 14.6. The summed E-state index contributed by atoms with van der Waals surface area (Å²) in [5.41, 5.74) is 2.00. The molecule has 0 aliphatic carbocycles. The topological polar surface area (TPSA) is 97.2 Å². The predicted octanol–water partition coefficient (Wildman–Crippen LogP) is 2.68. The summed E-state index contributed by atoms with van der Waals surface area (Å²) in [4.78, 5) is 16.7. The Morgan fingerprint density at radius 2 is 1.68 bits per heavy atom. The molecular weight excluding hydrogens is 414 g/mol. The molecule has 31 heavy (non-hydrogen) atoms. The van der Waals surface area contributed by atoms with Gasteiger partial charge in [0.1, 0.15) is 6.33 Å². The van der Waals surface area contributed by atoms with E-state index in [1.165, 1.54) is 4.31 Å². The van der Waals surface area contributed by atoms with Gasteiger partial charge in [0.2, 0.25) is 21.9 Å². The number of rotatable bonds is 8. The molecule has 0 radical (unpaired) electrons. The third kappa shape index (κ3) is 5.36. The number of nitrogens with one attached hydrogen (secondary N) is 1. The number of nitrogens with zero attached hydrogens (tertiary/aromatic N) is 4. The molecule has 1 N–H and O–H groups in total. The summed E-state index contributed by atoms with van der Waals surface area (Å²) in [6.45, 7) is 1.75. The van der Waals surface area contributed by atoms with Crippen LogP contribution in [0.4, 0.5) is 5.95 Å². The summed E-state index contributed by atoms with van der Waals surface area (Å²) in [5, 5.41) is 6.99. The van der Waals surface area contributed by atoms with Crippen molar-refractivity contribution in [2.75, 3.05) is 18.4 Å². The zero-order valence-corrected chi connectivity index (χ0v) is 18.0. The Hall–Kier alpha value is -3.04. The smallest absolute Gasteiger partial charge is 0.248 e. The molecule has 1 aliphatic heterocycles. The van der Waals surface area contributed by atoms with Crippen LogP contribution in [0.5, 0.6) is 0 Å². The number of carbonyl (C=O) groups is 1. The Labute approximate surface area is 182 Å². The van der Waals surface area contributed by atoms with Gasteiger partial charge in [0.05, 0.1) is 11.4 Å². The third-order valence-corrected chi connectivity index (χ3v) is 7.15. The SMILES string of the molecule is O=C(CCc1ccc(S(=O)(=O)N2CCCC2)cc1)Nc1ncn(Cc2ccccc2)n1. The molecule has 0 spiro atoms. The van der Waals surface area contributed by atoms with Crippen molar-refractivity contribution in [2.45, 2.75) is 37.1 Å². The average molecular weight is 440 g/mol. The van der Waals surface area contributed by atoms with Crippen LogP contribution in [-0.4, -0.2) is 46.5 Å². The summed E-state index contributed by atoms with van der Waals surface area (Å²) >= 11 is 0. The third-order valence-electron chi connectivity index (χ3n) is 5.24. The van der Waals surface area contributed by atoms with E-state index in [0.717, 1.165) is 24.0 Å². The monoisotopic (exact) mass is 439 g/mol. The minimum absolute atomic E-state index is 0.189. The molecule has 1 fully saturated rings. The second-order valence-corrected chi connectivity index (χ2v) is 9.49. The molecule has 1 aliphatic rings. The van der Waals surface area contributed by atoms with Gasteiger partial charge in [-0.15, -0.1) is 5.10 Å². The molecular formula is C22H25N5O3S. The molecule has 0 atom stereocenters. The van der Waals surface area contributed by atoms with Gasteiger partial charge in [0, 0.05) is 19.5 Å². The van der Waals surface area contributed by atoms with Crippen molar-refractivity contribution in [3.63, 3.8) is 0 Å². The largest absolute Gasteiger partial charge is 0.293 e. The van der Waals surface area contributed by atoms with Crippen LogP contribution in [0.3, 0.4) is 0 Å². The minimum atomic E-state index is -3.41. The van der Waals surface area contributed by atoms with Crippen molar-refractivity contribution in [1.82, 2.24) is 19.1 Å². The fraction of sp³-hybridized carbons (Fsp3) is 0.318. The first kappa shape index (κ1) is 21.2. The minimum Gasteiger partial charge on any atom is -0.293 e. The quantitative estimate of drug-likeness (QED) is 0.582. The number of amides is 1. The van der Waals surface area contributed by atoms with E-state index >= 15 is 0 Å². The van der Waals surface area contributed by atoms with Crippen molar-refractivity contribution in [2.24, 2.45) is 0 Å². The van der Waals surface area contributed by atoms with E-state index in [0.29, 0.717) is 31.0 Å². The van der Waals surface area contributed by atoms with E-state index in [1.54, 1.807) is 35.3 Å². The van der Waals surface area contributed by atoms with Crippen molar-refractivity contribution < 1.29 is 13.2 Å². The highest BCUT2D eigenvalue weighted by Crippen LogP contribution is 2.21. The molecule has 162 valence electrons. The molecule has 0 saturated carbocycles. The Kier molecular flexibility index (Phi) is 6.43. The Balaban J connectivity index is 1.28. The van der Waals surface area contributed by atoms with Gasteiger partial charge in [0.15, 0.2) is 0 Å². The van der Waals surface area contributed by atoms with Crippen molar-refractivity contribution in [3.8, 4) is 0 Å². The van der Waals surface area contributed by atoms with Crippen LogP contribution in [0.15, 0.2) is 65.8 Å². The van der Waals surface area contributed by atoms with Crippen LogP contribution < -0.4 is 5.32 Å². The van der Waals surface area contributed by atoms with Crippen LogP contribution in [-0.2, 0) is 27.8 Å². The molecule has 3 aromatic rings. The lowest BCUT2D eigenvalue weighted by molar-refractivity contribution is -0.116. The number of anilines is 1. The summed E-state index contributed by atoms with van der Waals surface area (Å²) in [6.07, 6.45) is 4.16. The lowest BCUT2D eigenvalue weighted by Gasteiger charge is -2.15. The first-order chi connectivity index (χ1) is 15.0. The number of aromatic nitrogens is 3. The molecule has 0 bridgehead atoms. The van der Waals surface area contributed by atoms with Gasteiger partial charge in [0.25, 0.3) is 0 Å². The molecule has 0 unspecified atom stereocenters. The van der Waals surface area contributed by atoms with E-state index in [1.807, 2.05) is 30.3 Å². The number of benzene rings is 2. The highest BCUT2D eigenvalue weighted by molar-refractivity contribution is 7.89. The van der Waals surface area contributed by atoms with E-state index in [9.17, 15) is 13.2 Å². The lowest BCUT2D eigenvalue weighted by atomic mass is 10.1. The maximum absolute atomic E-state index is 12.6. The van der Waals surface area contributed by atoms with Gasteiger partial charge in [-0.25, -0.2) is 18.1 Å². The van der Waals surface area contributed by atoms with Gasteiger partial charge in [-0.1, -0.05) is 42.5 Å². The van der Waals surface area contributed by atoms with Crippen LogP contribution in [0.25, 0.3) is 0 Å². The molecule has 4 rings (SSSR count). The first-order valence-electron chi connectivity index (χ1n) is 10.3. The number of hydrogen-bond donors (Lipinski definition) is 1. The highest BCUT2D eigenvalue weighted by Gasteiger charge is 2.26. The Bertz CT molecular complexity index is 1120. The standard InChI is InChI=1S/C22H25N5O3S/c28-21(24-22-23-17-26(25-22)16-19-6-2-1-3-7-19)13-10-18-8-11-20(12-9-18)31(29,30)27-14-4-5-15-27/h1-3,6-9,11-12,17H,4-5,10,13-16H2,(H,24,25,28). The van der Waals surface area contributed by atoms with Crippen LogP contribution in [0.1, 0.15) is 30.4 Å². The predicted molar refractivity (Wildman–Crippen MR) is 117 cm³/mol. The molecule has 1 amide bonds. The second kappa shape index (κ2) is 9.40. The van der Waals surface area contributed by atoms with Gasteiger partial charge in [-0.2, -0.15) is 4.31 Å². The van der Waals surface area contributed by atoms with Crippen molar-refractivity contribution >= 4 is 21.9 Å². The average Bonchev–Trinajstić information content (AvgIpc) is 3.46. The first-order valence-corrected chi connectivity index (χ1v) is 11.8. The molecule has 9 heteroatoms. The Morgan fingerprint density at radius 3 is 2.39 bits per heavy atom. The van der Waals surface area contributed by atoms with Gasteiger partial charge >= 0.3 is 0 Å². The maximum atomic E-state index is 12.6. The van der Waals surface area contributed by atoms with Crippen molar-refractivity contribution in [3.05, 3.63) is 72.1 Å². The van der Waals surface area contributed by atoms with E-state index in [4.69, 9.17) is 0 Å². The summed E-state index contributed by atoms with van der Waals surface area (Å²) in [7, 11) is -3.41.